The maximum Gasteiger partial charge on any atom is 0.257 e. The second kappa shape index (κ2) is 8.23. The molecule has 26 heavy (non-hydrogen) atoms. The first kappa shape index (κ1) is 18.3. The van der Waals surface area contributed by atoms with Crippen LogP contribution in [0, 0.1) is 6.92 Å². The van der Waals surface area contributed by atoms with Crippen molar-refractivity contribution in [1.29, 1.82) is 0 Å². The van der Waals surface area contributed by atoms with Crippen LogP contribution in [0.4, 0.5) is 5.82 Å². The minimum atomic E-state index is -0.0183. The molecule has 0 N–H and O–H groups in total. The van der Waals surface area contributed by atoms with Crippen LogP contribution in [0.1, 0.15) is 28.0 Å². The molecule has 0 spiro atoms. The van der Waals surface area contributed by atoms with E-state index < -0.39 is 0 Å². The highest BCUT2D eigenvalue weighted by Crippen LogP contribution is 2.17. The Balaban J connectivity index is 1.59. The third-order valence-corrected chi connectivity index (χ3v) is 4.59. The summed E-state index contributed by atoms with van der Waals surface area (Å²) in [5.74, 6) is 0.929. The molecule has 1 fully saturated rings. The van der Waals surface area contributed by atoms with Crippen LogP contribution in [0.3, 0.4) is 0 Å². The van der Waals surface area contributed by atoms with Crippen LogP contribution in [-0.4, -0.2) is 65.7 Å². The van der Waals surface area contributed by atoms with E-state index in [9.17, 15) is 4.79 Å². The Labute approximate surface area is 154 Å². The Bertz CT molecular complexity index is 765. The van der Waals surface area contributed by atoms with Gasteiger partial charge >= 0.3 is 0 Å². The van der Waals surface area contributed by atoms with Gasteiger partial charge in [0, 0.05) is 39.6 Å². The topological polar surface area (TPSA) is 71.5 Å². The molecule has 1 aliphatic rings. The number of pyridine rings is 1. The number of hydrogen-bond donors (Lipinski definition) is 0. The van der Waals surface area contributed by atoms with Gasteiger partial charge in [-0.05, 0) is 37.5 Å². The fraction of sp³-hybridized carbons (Fsp3) is 0.474. The van der Waals surface area contributed by atoms with Crippen molar-refractivity contribution in [2.24, 2.45) is 0 Å². The summed E-state index contributed by atoms with van der Waals surface area (Å²) < 4.78 is 5.87. The van der Waals surface area contributed by atoms with Gasteiger partial charge in [-0.15, -0.1) is 0 Å². The summed E-state index contributed by atoms with van der Waals surface area (Å²) in [7, 11) is 3.96. The van der Waals surface area contributed by atoms with Gasteiger partial charge in [-0.1, -0.05) is 0 Å². The van der Waals surface area contributed by atoms with E-state index in [1.165, 1.54) is 11.9 Å². The number of amides is 1. The predicted molar refractivity (Wildman–Crippen MR) is 99.3 cm³/mol. The summed E-state index contributed by atoms with van der Waals surface area (Å²) >= 11 is 0. The number of anilines is 1. The van der Waals surface area contributed by atoms with E-state index in [4.69, 9.17) is 4.74 Å². The summed E-state index contributed by atoms with van der Waals surface area (Å²) in [6.07, 6.45) is 6.68. The molecule has 0 aliphatic carbocycles. The van der Waals surface area contributed by atoms with Crippen molar-refractivity contribution >= 4 is 11.7 Å². The highest BCUT2D eigenvalue weighted by atomic mass is 16.5. The number of nitrogens with zero attached hydrogens (tertiary/aromatic N) is 5. The molecule has 1 amide bonds. The molecule has 7 heteroatoms. The summed E-state index contributed by atoms with van der Waals surface area (Å²) in [5.41, 5.74) is 2.50. The molecule has 3 rings (SSSR count). The molecule has 3 heterocycles. The smallest absolute Gasteiger partial charge is 0.257 e. The van der Waals surface area contributed by atoms with Gasteiger partial charge in [-0.25, -0.2) is 15.0 Å². The van der Waals surface area contributed by atoms with Gasteiger partial charge in [0.05, 0.1) is 24.0 Å². The van der Waals surface area contributed by atoms with E-state index in [-0.39, 0.29) is 12.0 Å². The Morgan fingerprint density at radius 1 is 1.38 bits per heavy atom. The summed E-state index contributed by atoms with van der Waals surface area (Å²) in [6, 6.07) is 4.12. The zero-order chi connectivity index (χ0) is 18.5. The second-order valence-corrected chi connectivity index (χ2v) is 6.72. The van der Waals surface area contributed by atoms with Gasteiger partial charge in [0.15, 0.2) is 0 Å². The molecule has 1 atom stereocenters. The zero-order valence-corrected chi connectivity index (χ0v) is 15.6. The molecule has 2 aromatic heterocycles. The normalized spacial score (nSPS) is 17.2. The molecular formula is C19H25N5O2. The summed E-state index contributed by atoms with van der Waals surface area (Å²) in [4.78, 5) is 29.0. The van der Waals surface area contributed by atoms with E-state index in [1.807, 2.05) is 43.1 Å². The highest BCUT2D eigenvalue weighted by molar-refractivity contribution is 5.94. The quantitative estimate of drug-likeness (QED) is 0.813. The molecule has 1 aliphatic heterocycles. The Kier molecular flexibility index (Phi) is 5.78. The molecule has 7 nitrogen and oxygen atoms in total. The molecule has 2 aromatic rings. The van der Waals surface area contributed by atoms with E-state index in [1.54, 1.807) is 6.20 Å². The maximum absolute atomic E-state index is 12.7. The Morgan fingerprint density at radius 3 is 3.00 bits per heavy atom. The monoisotopic (exact) mass is 355 g/mol. The molecule has 1 saturated heterocycles. The van der Waals surface area contributed by atoms with Crippen molar-refractivity contribution in [2.45, 2.75) is 25.9 Å². The van der Waals surface area contributed by atoms with Gasteiger partial charge in [-0.2, -0.15) is 0 Å². The van der Waals surface area contributed by atoms with Crippen LogP contribution in [0.2, 0.25) is 0 Å². The standard InChI is InChI=1S/C19H25N5O2/c1-14-17(11-20-13-22-14)19(25)24-8-9-26-16(12-24)5-4-15-6-7-21-18(10-15)23(2)3/h6-7,10-11,13,16H,4-5,8-9,12H2,1-3H3/t16-/m1/s1. The van der Waals surface area contributed by atoms with Crippen LogP contribution < -0.4 is 4.90 Å². The van der Waals surface area contributed by atoms with E-state index in [0.717, 1.165) is 18.7 Å². The lowest BCUT2D eigenvalue weighted by Gasteiger charge is -2.33. The van der Waals surface area contributed by atoms with Crippen LogP contribution in [-0.2, 0) is 11.2 Å². The lowest BCUT2D eigenvalue weighted by atomic mass is 10.1. The maximum atomic E-state index is 12.7. The van der Waals surface area contributed by atoms with Gasteiger partial charge in [0.2, 0.25) is 0 Å². The SMILES string of the molecule is Cc1ncncc1C(=O)N1CCO[C@H](CCc2ccnc(N(C)C)c2)C1. The molecule has 0 radical (unpaired) electrons. The molecule has 0 saturated carbocycles. The van der Waals surface area contributed by atoms with Gasteiger partial charge in [-0.3, -0.25) is 4.79 Å². The van der Waals surface area contributed by atoms with Gasteiger partial charge < -0.3 is 14.5 Å². The predicted octanol–water partition coefficient (Wildman–Crippen LogP) is 1.72. The number of carbonyl (C=O) groups excluding carboxylic acids is 1. The second-order valence-electron chi connectivity index (χ2n) is 6.72. The van der Waals surface area contributed by atoms with Crippen molar-refractivity contribution in [3.63, 3.8) is 0 Å². The zero-order valence-electron chi connectivity index (χ0n) is 15.6. The van der Waals surface area contributed by atoms with Crippen LogP contribution in [0.25, 0.3) is 0 Å². The average molecular weight is 355 g/mol. The first-order chi connectivity index (χ1) is 12.5. The summed E-state index contributed by atoms with van der Waals surface area (Å²) in [5, 5.41) is 0. The minimum Gasteiger partial charge on any atom is -0.375 e. The third-order valence-electron chi connectivity index (χ3n) is 4.59. The highest BCUT2D eigenvalue weighted by Gasteiger charge is 2.26. The minimum absolute atomic E-state index is 0.0183. The van der Waals surface area contributed by atoms with Gasteiger partial charge in [0.25, 0.3) is 5.91 Å². The summed E-state index contributed by atoms with van der Waals surface area (Å²) in [6.45, 7) is 3.59. The van der Waals surface area contributed by atoms with E-state index in [0.29, 0.717) is 31.0 Å². The van der Waals surface area contributed by atoms with E-state index >= 15 is 0 Å². The number of morpholine rings is 1. The van der Waals surface area contributed by atoms with Crippen molar-refractivity contribution in [3.8, 4) is 0 Å². The van der Waals surface area contributed by atoms with E-state index in [2.05, 4.69) is 21.0 Å². The molecule has 0 bridgehead atoms. The van der Waals surface area contributed by atoms with Crippen LogP contribution in [0.15, 0.2) is 30.9 Å². The lowest BCUT2D eigenvalue weighted by molar-refractivity contribution is -0.0246. The third kappa shape index (κ3) is 4.35. The number of ether oxygens (including phenoxy) is 1. The fourth-order valence-electron chi connectivity index (χ4n) is 3.04. The number of rotatable bonds is 5. The Morgan fingerprint density at radius 2 is 2.23 bits per heavy atom. The van der Waals surface area contributed by atoms with Crippen molar-refractivity contribution in [1.82, 2.24) is 19.9 Å². The lowest BCUT2D eigenvalue weighted by Crippen LogP contribution is -2.46. The van der Waals surface area contributed by atoms with Crippen molar-refractivity contribution in [3.05, 3.63) is 47.7 Å². The molecular weight excluding hydrogens is 330 g/mol. The first-order valence-corrected chi connectivity index (χ1v) is 8.84. The largest absolute Gasteiger partial charge is 0.375 e. The fourth-order valence-corrected chi connectivity index (χ4v) is 3.04. The molecule has 0 unspecified atom stereocenters. The van der Waals surface area contributed by atoms with Crippen LogP contribution >= 0.6 is 0 Å². The van der Waals surface area contributed by atoms with Crippen molar-refractivity contribution in [2.75, 3.05) is 38.7 Å². The van der Waals surface area contributed by atoms with Crippen molar-refractivity contribution < 1.29 is 9.53 Å². The van der Waals surface area contributed by atoms with Gasteiger partial charge in [0.1, 0.15) is 12.1 Å². The number of hydrogen-bond acceptors (Lipinski definition) is 6. The number of aryl methyl sites for hydroxylation is 2. The molecule has 0 aromatic carbocycles. The number of carbonyl (C=O) groups is 1. The first-order valence-electron chi connectivity index (χ1n) is 8.84. The average Bonchev–Trinajstić information content (AvgIpc) is 2.67. The van der Waals surface area contributed by atoms with Crippen LogP contribution in [0.5, 0.6) is 0 Å². The Hall–Kier alpha value is -2.54. The number of aromatic nitrogens is 3. The molecule has 138 valence electrons.